The Kier molecular flexibility index (Phi) is 4.05. The summed E-state index contributed by atoms with van der Waals surface area (Å²) >= 11 is 0. The van der Waals surface area contributed by atoms with Crippen molar-refractivity contribution in [1.29, 1.82) is 0 Å². The van der Waals surface area contributed by atoms with E-state index >= 15 is 0 Å². The van der Waals surface area contributed by atoms with Crippen LogP contribution in [-0.4, -0.2) is 11.1 Å². The number of phenolic OH excluding ortho intramolecular Hbond substituents is 1. The molecule has 0 aliphatic rings. The number of esters is 1. The lowest BCUT2D eigenvalue weighted by Gasteiger charge is -2.21. The monoisotopic (exact) mass is 250 g/mol. The van der Waals surface area contributed by atoms with Gasteiger partial charge < -0.3 is 9.84 Å². The van der Waals surface area contributed by atoms with Gasteiger partial charge in [0.2, 0.25) is 0 Å². The Hall–Kier alpha value is -1.51. The zero-order valence-corrected chi connectivity index (χ0v) is 12.0. The molecule has 3 heteroatoms. The van der Waals surface area contributed by atoms with Crippen LogP contribution in [0.3, 0.4) is 0 Å². The predicted molar refractivity (Wildman–Crippen MR) is 72.0 cm³/mol. The molecule has 3 nitrogen and oxygen atoms in total. The number of hydrogen-bond acceptors (Lipinski definition) is 3. The van der Waals surface area contributed by atoms with E-state index in [-0.39, 0.29) is 11.7 Å². The molecular formula is C15H22O3. The molecule has 0 saturated heterocycles. The highest BCUT2D eigenvalue weighted by Crippen LogP contribution is 2.33. The Balaban J connectivity index is 3.10. The highest BCUT2D eigenvalue weighted by Gasteiger charge is 2.28. The van der Waals surface area contributed by atoms with E-state index in [2.05, 4.69) is 0 Å². The molecule has 1 aromatic rings. The normalized spacial score (nSPS) is 11.4. The average Bonchev–Trinajstić information content (AvgIpc) is 2.33. The predicted octanol–water partition coefficient (Wildman–Crippen LogP) is 3.66. The molecule has 0 unspecified atom stereocenters. The second-order valence-electron chi connectivity index (χ2n) is 5.42. The zero-order valence-electron chi connectivity index (χ0n) is 12.0. The van der Waals surface area contributed by atoms with Crippen LogP contribution in [0.5, 0.6) is 11.5 Å². The van der Waals surface area contributed by atoms with Crippen LogP contribution in [0.1, 0.15) is 43.9 Å². The topological polar surface area (TPSA) is 46.5 Å². The fourth-order valence-corrected chi connectivity index (χ4v) is 1.52. The standard InChI is InChI=1S/C15H22O3/c1-7-15(5,6)14(17)18-12-8-9(2)13(16)11(4)10(12)3/h8,16H,7H2,1-6H3. The third kappa shape index (κ3) is 2.66. The van der Waals surface area contributed by atoms with Crippen molar-refractivity contribution in [3.05, 3.63) is 22.8 Å². The average molecular weight is 250 g/mol. The molecule has 0 aliphatic carbocycles. The van der Waals surface area contributed by atoms with Crippen LogP contribution < -0.4 is 4.74 Å². The first-order chi connectivity index (χ1) is 8.20. The minimum atomic E-state index is -0.494. The molecule has 0 amide bonds. The number of benzene rings is 1. The first-order valence-corrected chi connectivity index (χ1v) is 6.22. The molecule has 0 saturated carbocycles. The lowest BCUT2D eigenvalue weighted by molar-refractivity contribution is -0.144. The van der Waals surface area contributed by atoms with Crippen molar-refractivity contribution in [2.75, 3.05) is 0 Å². The summed E-state index contributed by atoms with van der Waals surface area (Å²) in [4.78, 5) is 12.0. The van der Waals surface area contributed by atoms with Crippen molar-refractivity contribution < 1.29 is 14.6 Å². The lowest BCUT2D eigenvalue weighted by atomic mass is 9.90. The maximum absolute atomic E-state index is 12.0. The van der Waals surface area contributed by atoms with Gasteiger partial charge in [0.05, 0.1) is 5.41 Å². The Labute approximate surface area is 109 Å². The minimum Gasteiger partial charge on any atom is -0.507 e. The fraction of sp³-hybridized carbons (Fsp3) is 0.533. The summed E-state index contributed by atoms with van der Waals surface area (Å²) in [6, 6.07) is 1.71. The molecule has 1 N–H and O–H groups in total. The molecule has 1 rings (SSSR count). The van der Waals surface area contributed by atoms with Crippen molar-refractivity contribution in [3.63, 3.8) is 0 Å². The maximum Gasteiger partial charge on any atom is 0.316 e. The summed E-state index contributed by atoms with van der Waals surface area (Å²) in [6.07, 6.45) is 0.723. The van der Waals surface area contributed by atoms with Crippen molar-refractivity contribution >= 4 is 5.97 Å². The van der Waals surface area contributed by atoms with Crippen molar-refractivity contribution in [2.24, 2.45) is 5.41 Å². The van der Waals surface area contributed by atoms with E-state index in [4.69, 9.17) is 4.74 Å². The molecule has 0 fully saturated rings. The molecule has 0 heterocycles. The summed E-state index contributed by atoms with van der Waals surface area (Å²) in [7, 11) is 0. The van der Waals surface area contributed by atoms with E-state index in [0.29, 0.717) is 5.75 Å². The molecule has 0 aliphatic heterocycles. The summed E-state index contributed by atoms with van der Waals surface area (Å²) in [6.45, 7) is 11.1. The van der Waals surface area contributed by atoms with E-state index in [1.54, 1.807) is 13.0 Å². The van der Waals surface area contributed by atoms with Crippen LogP contribution in [0.25, 0.3) is 0 Å². The van der Waals surface area contributed by atoms with Gasteiger partial charge in [-0.3, -0.25) is 4.79 Å². The molecule has 0 atom stereocenters. The van der Waals surface area contributed by atoms with Gasteiger partial charge in [-0.25, -0.2) is 0 Å². The lowest BCUT2D eigenvalue weighted by Crippen LogP contribution is -2.28. The summed E-state index contributed by atoms with van der Waals surface area (Å²) in [5, 5.41) is 9.81. The minimum absolute atomic E-state index is 0.238. The van der Waals surface area contributed by atoms with Gasteiger partial charge in [-0.2, -0.15) is 0 Å². The van der Waals surface area contributed by atoms with Gasteiger partial charge in [-0.1, -0.05) is 6.92 Å². The number of ether oxygens (including phenoxy) is 1. The number of hydrogen-bond donors (Lipinski definition) is 1. The highest BCUT2D eigenvalue weighted by molar-refractivity contribution is 5.79. The fourth-order valence-electron chi connectivity index (χ4n) is 1.52. The van der Waals surface area contributed by atoms with Crippen LogP contribution in [0.2, 0.25) is 0 Å². The van der Waals surface area contributed by atoms with Gasteiger partial charge >= 0.3 is 5.97 Å². The molecule has 0 aromatic heterocycles. The van der Waals surface area contributed by atoms with Gasteiger partial charge in [0.25, 0.3) is 0 Å². The third-order valence-corrected chi connectivity index (χ3v) is 3.65. The van der Waals surface area contributed by atoms with Crippen LogP contribution in [0.4, 0.5) is 0 Å². The van der Waals surface area contributed by atoms with E-state index in [1.165, 1.54) is 0 Å². The third-order valence-electron chi connectivity index (χ3n) is 3.65. The van der Waals surface area contributed by atoms with Gasteiger partial charge in [-0.05, 0) is 63.8 Å². The number of carbonyl (C=O) groups is 1. The van der Waals surface area contributed by atoms with E-state index in [1.807, 2.05) is 34.6 Å². The van der Waals surface area contributed by atoms with Gasteiger partial charge in [0.1, 0.15) is 11.5 Å². The van der Waals surface area contributed by atoms with Gasteiger partial charge in [-0.15, -0.1) is 0 Å². The van der Waals surface area contributed by atoms with Crippen molar-refractivity contribution in [1.82, 2.24) is 0 Å². The number of aromatic hydroxyl groups is 1. The van der Waals surface area contributed by atoms with Crippen molar-refractivity contribution in [3.8, 4) is 11.5 Å². The highest BCUT2D eigenvalue weighted by atomic mass is 16.5. The number of phenols is 1. The molecule has 0 radical (unpaired) electrons. The Morgan fingerprint density at radius 3 is 2.33 bits per heavy atom. The van der Waals surface area contributed by atoms with Crippen LogP contribution in [-0.2, 0) is 4.79 Å². The number of aryl methyl sites for hydroxylation is 1. The second-order valence-corrected chi connectivity index (χ2v) is 5.42. The van der Waals surface area contributed by atoms with Gasteiger partial charge in [0, 0.05) is 0 Å². The van der Waals surface area contributed by atoms with Gasteiger partial charge in [0.15, 0.2) is 0 Å². The SMILES string of the molecule is CCC(C)(C)C(=O)Oc1cc(C)c(O)c(C)c1C. The summed E-state index contributed by atoms with van der Waals surface area (Å²) in [5.41, 5.74) is 1.78. The molecule has 100 valence electrons. The molecule has 18 heavy (non-hydrogen) atoms. The van der Waals surface area contributed by atoms with Crippen LogP contribution in [0.15, 0.2) is 6.07 Å². The van der Waals surface area contributed by atoms with Crippen LogP contribution in [0, 0.1) is 26.2 Å². The summed E-state index contributed by atoms with van der Waals surface area (Å²) in [5.74, 6) is 0.564. The van der Waals surface area contributed by atoms with E-state index in [0.717, 1.165) is 23.1 Å². The van der Waals surface area contributed by atoms with Crippen LogP contribution >= 0.6 is 0 Å². The largest absolute Gasteiger partial charge is 0.507 e. The Morgan fingerprint density at radius 2 is 1.83 bits per heavy atom. The Morgan fingerprint density at radius 1 is 1.28 bits per heavy atom. The first-order valence-electron chi connectivity index (χ1n) is 6.22. The molecular weight excluding hydrogens is 228 g/mol. The first kappa shape index (κ1) is 14.6. The van der Waals surface area contributed by atoms with Crippen molar-refractivity contribution in [2.45, 2.75) is 48.0 Å². The van der Waals surface area contributed by atoms with E-state index in [9.17, 15) is 9.90 Å². The molecule has 0 bridgehead atoms. The quantitative estimate of drug-likeness (QED) is 0.657. The number of carbonyl (C=O) groups excluding carboxylic acids is 1. The zero-order chi connectivity index (χ0) is 14.1. The number of rotatable bonds is 3. The smallest absolute Gasteiger partial charge is 0.316 e. The second kappa shape index (κ2) is 5.01. The summed E-state index contributed by atoms with van der Waals surface area (Å²) < 4.78 is 5.47. The van der Waals surface area contributed by atoms with E-state index < -0.39 is 5.41 Å². The molecule has 1 aromatic carbocycles. The maximum atomic E-state index is 12.0. The molecule has 0 spiro atoms. The Bertz CT molecular complexity index is 473.